The molecule has 3 aromatic heterocycles. The molecule has 80 heavy (non-hydrogen) atoms. The van der Waals surface area contributed by atoms with Gasteiger partial charge >= 0.3 is 0 Å². The summed E-state index contributed by atoms with van der Waals surface area (Å²) in [7, 11) is 0. The summed E-state index contributed by atoms with van der Waals surface area (Å²) in [6.45, 7) is 0. The van der Waals surface area contributed by atoms with Crippen LogP contribution < -0.4 is 9.80 Å². The summed E-state index contributed by atoms with van der Waals surface area (Å²) in [5.74, 6) is 2.79. The summed E-state index contributed by atoms with van der Waals surface area (Å²) in [6.07, 6.45) is 0. The zero-order valence-corrected chi connectivity index (χ0v) is 43.2. The van der Waals surface area contributed by atoms with Gasteiger partial charge in [0.1, 0.15) is 0 Å². The van der Waals surface area contributed by atoms with Crippen molar-refractivity contribution in [3.63, 3.8) is 0 Å². The molecule has 0 radical (unpaired) electrons. The summed E-state index contributed by atoms with van der Waals surface area (Å²) in [4.78, 5) is 42.0. The van der Waals surface area contributed by atoms with Crippen LogP contribution in [-0.2, 0) is 0 Å². The number of nitrogens with zero attached hydrogens (tertiary/aromatic N) is 9. The molecule has 376 valence electrons. The zero-order valence-electron chi connectivity index (χ0n) is 43.2. The molecule has 9 heteroatoms. The summed E-state index contributed by atoms with van der Waals surface area (Å²) in [6, 6.07) is 97.5. The Morgan fingerprint density at radius 1 is 0.188 bits per heavy atom. The molecule has 0 fully saturated rings. The molecule has 0 aliphatic carbocycles. The highest BCUT2D eigenvalue weighted by Crippen LogP contribution is 2.56. The van der Waals surface area contributed by atoms with Gasteiger partial charge in [-0.25, -0.2) is 24.9 Å². The van der Waals surface area contributed by atoms with Crippen LogP contribution in [0.1, 0.15) is 0 Å². The maximum absolute atomic E-state index is 5.56. The van der Waals surface area contributed by atoms with Gasteiger partial charge in [-0.3, -0.25) is 4.90 Å². The highest BCUT2D eigenvalue weighted by atomic mass is 15.3. The lowest BCUT2D eigenvalue weighted by Crippen LogP contribution is -2.26. The van der Waals surface area contributed by atoms with E-state index in [0.717, 1.165) is 101 Å². The van der Waals surface area contributed by atoms with Crippen LogP contribution >= 0.6 is 0 Å². The van der Waals surface area contributed by atoms with Gasteiger partial charge in [0.25, 0.3) is 0 Å². The maximum atomic E-state index is 5.56. The number of anilines is 6. The van der Waals surface area contributed by atoms with E-state index in [9.17, 15) is 0 Å². The van der Waals surface area contributed by atoms with Crippen LogP contribution in [0.2, 0.25) is 0 Å². The first-order valence-corrected chi connectivity index (χ1v) is 26.6. The lowest BCUT2D eigenvalue weighted by molar-refractivity contribution is 1.01. The highest BCUT2D eigenvalue weighted by Gasteiger charge is 2.35. The van der Waals surface area contributed by atoms with Crippen LogP contribution in [0.4, 0.5) is 34.4 Å². The van der Waals surface area contributed by atoms with Crippen molar-refractivity contribution in [2.24, 2.45) is 0 Å². The molecule has 4 heterocycles. The lowest BCUT2D eigenvalue weighted by atomic mass is 9.92. The van der Waals surface area contributed by atoms with Gasteiger partial charge in [-0.2, -0.15) is 9.97 Å². The van der Waals surface area contributed by atoms with Gasteiger partial charge in [0.2, 0.25) is 5.95 Å². The fourth-order valence-electron chi connectivity index (χ4n) is 10.5. The average Bonchev–Trinajstić information content (AvgIpc) is 3.66. The number of rotatable bonds is 11. The van der Waals surface area contributed by atoms with Crippen molar-refractivity contribution in [3.05, 3.63) is 285 Å². The summed E-state index contributed by atoms with van der Waals surface area (Å²) < 4.78 is 0. The zero-order chi connectivity index (χ0) is 53.2. The van der Waals surface area contributed by atoms with E-state index in [0.29, 0.717) is 34.9 Å². The van der Waals surface area contributed by atoms with Crippen LogP contribution in [-0.4, -0.2) is 34.9 Å². The third-order valence-corrected chi connectivity index (χ3v) is 14.3. The van der Waals surface area contributed by atoms with E-state index in [1.807, 2.05) is 133 Å². The molecule has 14 rings (SSSR count). The van der Waals surface area contributed by atoms with Crippen LogP contribution in [0, 0.1) is 0 Å². The van der Waals surface area contributed by atoms with Gasteiger partial charge < -0.3 is 4.90 Å². The Morgan fingerprint density at radius 3 is 0.912 bits per heavy atom. The van der Waals surface area contributed by atoms with E-state index >= 15 is 0 Å². The fraction of sp³-hybridized carbons (Fsp3) is 0. The molecule has 0 N–H and O–H groups in total. The number of aromatic nitrogens is 7. The number of para-hydroxylation sites is 4. The second kappa shape index (κ2) is 20.8. The quantitative estimate of drug-likeness (QED) is 0.125. The molecule has 1 aliphatic rings. The largest absolute Gasteiger partial charge is 0.306 e. The van der Waals surface area contributed by atoms with Crippen LogP contribution in [0.25, 0.3) is 102 Å². The van der Waals surface area contributed by atoms with Gasteiger partial charge in [0.05, 0.1) is 51.2 Å². The highest BCUT2D eigenvalue weighted by molar-refractivity contribution is 6.05. The SMILES string of the molecule is c1ccc(-c2cc(-c3cc(-c4nc(-c5ccccc5)cc(-c5ccccc5)n4)c(-c4ccccc4)cc3N3c4ccccc4N(c4nc(-c5ccccc5)nc(-c5ccccc5)n4)c4ccccc43)nc(-c3ccccc3)n2)cc1. The second-order valence-corrected chi connectivity index (χ2v) is 19.3. The Labute approximate surface area is 463 Å². The predicted molar refractivity (Wildman–Crippen MR) is 323 cm³/mol. The van der Waals surface area contributed by atoms with E-state index in [1.165, 1.54) is 0 Å². The van der Waals surface area contributed by atoms with E-state index in [2.05, 4.69) is 161 Å². The minimum atomic E-state index is 0.485. The standard InChI is InChI=1S/C71H47N9/c1-8-26-48(27-9-1)55-45-66(79-62-40-22-24-42-64(62)80(65-43-25-23-41-63(65)79)71-77-68(53-36-18-6-19-37-53)76-69(78-71)54-38-20-7-21-39-54)57(61-47-60(51-32-14-4-15-33-51)72-67(75-61)52-34-16-5-17-35-52)44-56(55)70-73-58(49-28-10-2-11-29-49)46-59(74-70)50-30-12-3-13-31-50/h1-47H. The molecule has 0 atom stereocenters. The molecule has 1 aliphatic heterocycles. The molecule has 9 nitrogen and oxygen atoms in total. The predicted octanol–water partition coefficient (Wildman–Crippen LogP) is 17.7. The Balaban J connectivity index is 1.07. The third-order valence-electron chi connectivity index (χ3n) is 14.3. The molecular formula is C71H47N9. The van der Waals surface area contributed by atoms with E-state index in [-0.39, 0.29) is 0 Å². The molecule has 0 amide bonds. The van der Waals surface area contributed by atoms with Crippen molar-refractivity contribution in [3.8, 4) is 102 Å². The molecule has 13 aromatic rings. The van der Waals surface area contributed by atoms with Crippen molar-refractivity contribution in [1.82, 2.24) is 34.9 Å². The first-order valence-electron chi connectivity index (χ1n) is 26.6. The normalized spacial score (nSPS) is 11.7. The molecule has 10 aromatic carbocycles. The average molecular weight is 1030 g/mol. The lowest BCUT2D eigenvalue weighted by Gasteiger charge is -2.40. The van der Waals surface area contributed by atoms with Crippen molar-refractivity contribution >= 4 is 34.4 Å². The van der Waals surface area contributed by atoms with E-state index < -0.39 is 0 Å². The number of benzene rings is 10. The van der Waals surface area contributed by atoms with Crippen LogP contribution in [0.15, 0.2) is 285 Å². The van der Waals surface area contributed by atoms with Crippen molar-refractivity contribution < 1.29 is 0 Å². The second-order valence-electron chi connectivity index (χ2n) is 19.3. The smallest absolute Gasteiger partial charge is 0.238 e. The molecule has 0 saturated carbocycles. The fourth-order valence-corrected chi connectivity index (χ4v) is 10.5. The molecule has 0 unspecified atom stereocenters. The molecule has 0 bridgehead atoms. The van der Waals surface area contributed by atoms with E-state index in [4.69, 9.17) is 34.9 Å². The maximum Gasteiger partial charge on any atom is 0.238 e. The van der Waals surface area contributed by atoms with Gasteiger partial charge in [0.15, 0.2) is 23.3 Å². The van der Waals surface area contributed by atoms with Crippen LogP contribution in [0.3, 0.4) is 0 Å². The minimum Gasteiger partial charge on any atom is -0.306 e. The molecule has 0 spiro atoms. The Hall–Kier alpha value is -11.0. The minimum absolute atomic E-state index is 0.485. The van der Waals surface area contributed by atoms with Crippen molar-refractivity contribution in [2.75, 3.05) is 9.80 Å². The summed E-state index contributed by atoms with van der Waals surface area (Å²) in [5.41, 5.74) is 16.7. The molecular weight excluding hydrogens is 979 g/mol. The van der Waals surface area contributed by atoms with Gasteiger partial charge in [0, 0.05) is 44.5 Å². The number of hydrogen-bond donors (Lipinski definition) is 0. The van der Waals surface area contributed by atoms with Crippen LogP contribution in [0.5, 0.6) is 0 Å². The first-order chi connectivity index (χ1) is 39.7. The number of hydrogen-bond acceptors (Lipinski definition) is 9. The van der Waals surface area contributed by atoms with Gasteiger partial charge in [-0.1, -0.05) is 237 Å². The monoisotopic (exact) mass is 1030 g/mol. The number of fused-ring (bicyclic) bond motifs is 2. The van der Waals surface area contributed by atoms with E-state index in [1.54, 1.807) is 0 Å². The topological polar surface area (TPSA) is 96.7 Å². The van der Waals surface area contributed by atoms with Crippen molar-refractivity contribution in [1.29, 1.82) is 0 Å². The first kappa shape index (κ1) is 47.4. The Bertz CT molecular complexity index is 4120. The Morgan fingerprint density at radius 2 is 0.500 bits per heavy atom. The summed E-state index contributed by atoms with van der Waals surface area (Å²) >= 11 is 0. The van der Waals surface area contributed by atoms with Gasteiger partial charge in [-0.05, 0) is 59.7 Å². The van der Waals surface area contributed by atoms with Gasteiger partial charge in [-0.15, -0.1) is 0 Å². The molecule has 0 saturated heterocycles. The Kier molecular flexibility index (Phi) is 12.3. The van der Waals surface area contributed by atoms with Crippen molar-refractivity contribution in [2.45, 2.75) is 0 Å². The summed E-state index contributed by atoms with van der Waals surface area (Å²) in [5, 5.41) is 0. The third kappa shape index (κ3) is 9.10.